The van der Waals surface area contributed by atoms with E-state index >= 15 is 0 Å². The lowest BCUT2D eigenvalue weighted by Gasteiger charge is -2.31. The lowest BCUT2D eigenvalue weighted by Crippen LogP contribution is -2.44. The molecule has 13 heteroatoms. The smallest absolute Gasteiger partial charge is 0.475 e. The van der Waals surface area contributed by atoms with Gasteiger partial charge < -0.3 is 15.3 Å². The SMILES string of the molecule is O=C(O)C(F)(F)F.O=C1C(Cc2c(Cl)cc(-c3ccccc3C(F)(F)F)cc2Cl)CCN1C1CCNCC1. The van der Waals surface area contributed by atoms with Crippen LogP contribution in [0.1, 0.15) is 30.4 Å². The number of carboxylic acids is 1. The zero-order valence-corrected chi connectivity index (χ0v) is 21.3. The molecule has 5 nitrogen and oxygen atoms in total. The Hall–Kier alpha value is -2.50. The number of hydrogen-bond acceptors (Lipinski definition) is 3. The maximum atomic E-state index is 13.4. The second-order valence-corrected chi connectivity index (χ2v) is 9.78. The van der Waals surface area contributed by atoms with Crippen LogP contribution in [-0.2, 0) is 22.2 Å². The average Bonchev–Trinajstić information content (AvgIpc) is 3.21. The molecular weight excluding hydrogens is 561 g/mol. The first-order valence-electron chi connectivity index (χ1n) is 11.7. The molecule has 2 heterocycles. The summed E-state index contributed by atoms with van der Waals surface area (Å²) in [5, 5.41) is 11.0. The molecule has 1 atom stereocenters. The van der Waals surface area contributed by atoms with Crippen LogP contribution in [0, 0.1) is 5.92 Å². The molecule has 2 aromatic carbocycles. The number of alkyl halides is 6. The normalized spacial score (nSPS) is 18.8. The lowest BCUT2D eigenvalue weighted by atomic mass is 9.94. The van der Waals surface area contributed by atoms with Crippen LogP contribution in [0.5, 0.6) is 0 Å². The maximum Gasteiger partial charge on any atom is 0.490 e. The molecule has 4 rings (SSSR count). The highest BCUT2D eigenvalue weighted by Gasteiger charge is 2.39. The Morgan fingerprint density at radius 1 is 1.00 bits per heavy atom. The third-order valence-corrected chi connectivity index (χ3v) is 7.15. The second-order valence-electron chi connectivity index (χ2n) is 8.97. The van der Waals surface area contributed by atoms with Gasteiger partial charge in [0.15, 0.2) is 0 Å². The fraction of sp³-hybridized carbons (Fsp3) is 0.440. The van der Waals surface area contributed by atoms with Gasteiger partial charge in [-0.3, -0.25) is 4.79 Å². The first-order valence-corrected chi connectivity index (χ1v) is 12.4. The number of hydrogen-bond donors (Lipinski definition) is 2. The molecule has 38 heavy (non-hydrogen) atoms. The summed E-state index contributed by atoms with van der Waals surface area (Å²) in [4.78, 5) is 23.8. The quantitative estimate of drug-likeness (QED) is 0.405. The van der Waals surface area contributed by atoms with Gasteiger partial charge in [-0.05, 0) is 73.7 Å². The number of rotatable bonds is 4. The van der Waals surface area contributed by atoms with E-state index in [-0.39, 0.29) is 33.5 Å². The molecule has 2 fully saturated rings. The number of nitrogens with zero attached hydrogens (tertiary/aromatic N) is 1. The largest absolute Gasteiger partial charge is 0.490 e. The van der Waals surface area contributed by atoms with Gasteiger partial charge in [-0.1, -0.05) is 41.4 Å². The molecule has 0 radical (unpaired) electrons. The minimum Gasteiger partial charge on any atom is -0.475 e. The van der Waals surface area contributed by atoms with E-state index in [9.17, 15) is 31.1 Å². The number of aliphatic carboxylic acids is 1. The number of nitrogens with one attached hydrogen (secondary N) is 1. The minimum atomic E-state index is -5.08. The van der Waals surface area contributed by atoms with Crippen LogP contribution < -0.4 is 5.32 Å². The topological polar surface area (TPSA) is 69.6 Å². The third kappa shape index (κ3) is 7.33. The maximum absolute atomic E-state index is 13.4. The van der Waals surface area contributed by atoms with Crippen LogP contribution in [0.2, 0.25) is 10.0 Å². The molecular formula is C25H24Cl2F6N2O3. The minimum absolute atomic E-state index is 0.0272. The van der Waals surface area contributed by atoms with Crippen molar-refractivity contribution in [3.63, 3.8) is 0 Å². The van der Waals surface area contributed by atoms with E-state index in [0.29, 0.717) is 17.5 Å². The van der Waals surface area contributed by atoms with Crippen molar-refractivity contribution in [1.29, 1.82) is 0 Å². The summed E-state index contributed by atoms with van der Waals surface area (Å²) in [5.74, 6) is -2.85. The summed E-state index contributed by atoms with van der Waals surface area (Å²) in [7, 11) is 0. The summed E-state index contributed by atoms with van der Waals surface area (Å²) in [6.07, 6.45) is -6.55. The van der Waals surface area contributed by atoms with Crippen LogP contribution in [0.4, 0.5) is 26.3 Å². The first kappa shape index (κ1) is 30.0. The Morgan fingerprint density at radius 2 is 1.55 bits per heavy atom. The standard InChI is InChI=1S/C23H23Cl2F3N2O.C2HF3O2/c24-20-12-15(17-3-1-2-4-19(17)23(26,27)28)13-21(25)18(20)11-14-7-10-30(22(14)31)16-5-8-29-9-6-16;3-2(4,5)1(6)7/h1-4,12-14,16,29H,5-11H2;(H,6,7). The molecule has 2 N–H and O–H groups in total. The fourth-order valence-electron chi connectivity index (χ4n) is 4.62. The molecule has 2 aliphatic rings. The second kappa shape index (κ2) is 12.1. The van der Waals surface area contributed by atoms with Gasteiger partial charge >= 0.3 is 18.3 Å². The predicted octanol–water partition coefficient (Wildman–Crippen LogP) is 6.46. The van der Waals surface area contributed by atoms with Crippen molar-refractivity contribution >= 4 is 35.1 Å². The highest BCUT2D eigenvalue weighted by Crippen LogP contribution is 2.40. The number of carboxylic acid groups (broad SMARTS) is 1. The lowest BCUT2D eigenvalue weighted by molar-refractivity contribution is -0.192. The monoisotopic (exact) mass is 584 g/mol. The van der Waals surface area contributed by atoms with E-state index in [1.54, 1.807) is 6.07 Å². The molecule has 2 aromatic rings. The molecule has 208 valence electrons. The third-order valence-electron chi connectivity index (χ3n) is 6.48. The number of piperidine rings is 1. The summed E-state index contributed by atoms with van der Waals surface area (Å²) < 4.78 is 72.0. The van der Waals surface area contributed by atoms with Gasteiger partial charge in [0.2, 0.25) is 5.91 Å². The molecule has 0 aromatic heterocycles. The molecule has 0 bridgehead atoms. The summed E-state index contributed by atoms with van der Waals surface area (Å²) >= 11 is 12.9. The Bertz CT molecular complexity index is 1140. The van der Waals surface area contributed by atoms with Crippen molar-refractivity contribution in [3.8, 4) is 11.1 Å². The van der Waals surface area contributed by atoms with Crippen molar-refractivity contribution in [3.05, 3.63) is 57.6 Å². The molecule has 1 unspecified atom stereocenters. The van der Waals surface area contributed by atoms with Crippen molar-refractivity contribution in [1.82, 2.24) is 10.2 Å². The summed E-state index contributed by atoms with van der Waals surface area (Å²) in [6, 6.07) is 8.64. The molecule has 1 amide bonds. The molecule has 2 saturated heterocycles. The fourth-order valence-corrected chi connectivity index (χ4v) is 5.26. The van der Waals surface area contributed by atoms with E-state index in [2.05, 4.69) is 5.32 Å². The van der Waals surface area contributed by atoms with E-state index in [1.807, 2.05) is 4.90 Å². The number of benzene rings is 2. The molecule has 2 aliphatic heterocycles. The van der Waals surface area contributed by atoms with Crippen LogP contribution in [0.3, 0.4) is 0 Å². The van der Waals surface area contributed by atoms with Crippen molar-refractivity contribution in [2.24, 2.45) is 5.92 Å². The Labute approximate surface area is 224 Å². The van der Waals surface area contributed by atoms with Gasteiger partial charge in [0.25, 0.3) is 0 Å². The van der Waals surface area contributed by atoms with E-state index in [0.717, 1.165) is 45.0 Å². The van der Waals surface area contributed by atoms with Crippen molar-refractivity contribution < 1.29 is 41.0 Å². The predicted molar refractivity (Wildman–Crippen MR) is 130 cm³/mol. The molecule has 0 saturated carbocycles. The Morgan fingerprint density at radius 3 is 2.08 bits per heavy atom. The zero-order chi connectivity index (χ0) is 28.3. The van der Waals surface area contributed by atoms with Crippen LogP contribution >= 0.6 is 23.2 Å². The van der Waals surface area contributed by atoms with Crippen LogP contribution in [-0.4, -0.2) is 53.7 Å². The van der Waals surface area contributed by atoms with E-state index in [1.165, 1.54) is 24.3 Å². The van der Waals surface area contributed by atoms with Gasteiger partial charge in [-0.2, -0.15) is 26.3 Å². The van der Waals surface area contributed by atoms with Gasteiger partial charge in [0.05, 0.1) is 5.56 Å². The highest BCUT2D eigenvalue weighted by molar-refractivity contribution is 6.36. The van der Waals surface area contributed by atoms with Crippen LogP contribution in [0.15, 0.2) is 36.4 Å². The van der Waals surface area contributed by atoms with Gasteiger partial charge in [0, 0.05) is 28.5 Å². The number of amides is 1. The number of carbonyl (C=O) groups is 2. The van der Waals surface area contributed by atoms with Crippen LogP contribution in [0.25, 0.3) is 11.1 Å². The Balaban J connectivity index is 0.000000505. The molecule has 0 aliphatic carbocycles. The molecule has 0 spiro atoms. The van der Waals surface area contributed by atoms with E-state index in [4.69, 9.17) is 33.1 Å². The summed E-state index contributed by atoms with van der Waals surface area (Å²) in [5.41, 5.74) is 0.209. The number of likely N-dealkylation sites (tertiary alicyclic amines) is 1. The summed E-state index contributed by atoms with van der Waals surface area (Å²) in [6.45, 7) is 2.55. The van der Waals surface area contributed by atoms with E-state index < -0.39 is 23.9 Å². The van der Waals surface area contributed by atoms with Gasteiger partial charge in [-0.15, -0.1) is 0 Å². The average molecular weight is 585 g/mol. The first-order chi connectivity index (χ1) is 17.7. The zero-order valence-electron chi connectivity index (χ0n) is 19.8. The van der Waals surface area contributed by atoms with Gasteiger partial charge in [0.1, 0.15) is 0 Å². The van der Waals surface area contributed by atoms with Gasteiger partial charge in [-0.25, -0.2) is 4.79 Å². The number of carbonyl (C=O) groups excluding carboxylic acids is 1. The van der Waals surface area contributed by atoms with Crippen molar-refractivity contribution in [2.75, 3.05) is 19.6 Å². The van der Waals surface area contributed by atoms with Crippen molar-refractivity contribution in [2.45, 2.75) is 44.1 Å². The highest BCUT2D eigenvalue weighted by atomic mass is 35.5. The Kier molecular flexibility index (Phi) is 9.59. The number of halogens is 8.